The first-order valence-electron chi connectivity index (χ1n) is 17.9. The maximum Gasteiger partial charge on any atom is 0.266 e. The molecule has 1 spiro atoms. The average Bonchev–Trinajstić information content (AvgIpc) is 3.53. The van der Waals surface area contributed by atoms with E-state index in [1.54, 1.807) is 24.1 Å². The highest BCUT2D eigenvalue weighted by molar-refractivity contribution is 9.10. The number of aliphatic hydroxyl groups excluding tert-OH is 1. The van der Waals surface area contributed by atoms with Gasteiger partial charge in [-0.15, -0.1) is 0 Å². The molecule has 2 amide bonds. The normalized spacial score (nSPS) is 22.0. The predicted molar refractivity (Wildman–Crippen MR) is 212 cm³/mol. The van der Waals surface area contributed by atoms with Gasteiger partial charge in [0.15, 0.2) is 11.4 Å². The van der Waals surface area contributed by atoms with Crippen molar-refractivity contribution in [1.82, 2.24) is 0 Å². The van der Waals surface area contributed by atoms with E-state index in [0.717, 1.165) is 27.0 Å². The first kappa shape index (κ1) is 35.3. The van der Waals surface area contributed by atoms with Crippen molar-refractivity contribution < 1.29 is 28.9 Å². The highest BCUT2D eigenvalue weighted by Crippen LogP contribution is 2.60. The van der Waals surface area contributed by atoms with E-state index in [1.807, 2.05) is 95.9 Å². The van der Waals surface area contributed by atoms with Gasteiger partial charge < -0.3 is 24.2 Å². The molecule has 270 valence electrons. The van der Waals surface area contributed by atoms with E-state index in [1.165, 1.54) is 5.19 Å². The Morgan fingerprint density at radius 3 is 2.28 bits per heavy atom. The minimum absolute atomic E-state index is 0.0334. The summed E-state index contributed by atoms with van der Waals surface area (Å²) in [5.41, 5.74) is 3.21. The van der Waals surface area contributed by atoms with Gasteiger partial charge >= 0.3 is 0 Å². The zero-order valence-corrected chi connectivity index (χ0v) is 32.7. The van der Waals surface area contributed by atoms with Gasteiger partial charge in [-0.1, -0.05) is 89.7 Å². The number of carbonyl (C=O) groups excluding carboxylic acids is 2. The van der Waals surface area contributed by atoms with Crippen molar-refractivity contribution in [3.8, 4) is 17.2 Å². The van der Waals surface area contributed by atoms with Crippen molar-refractivity contribution in [1.29, 1.82) is 0 Å². The van der Waals surface area contributed by atoms with Gasteiger partial charge in [-0.05, 0) is 84.3 Å². The number of hydrogen-bond acceptors (Lipinski definition) is 6. The lowest BCUT2D eigenvalue weighted by molar-refractivity contribution is -0.146. The van der Waals surface area contributed by atoms with Gasteiger partial charge in [-0.2, -0.15) is 0 Å². The summed E-state index contributed by atoms with van der Waals surface area (Å²) in [6, 6.07) is 36.8. The molecule has 0 unspecified atom stereocenters. The quantitative estimate of drug-likeness (QED) is 0.158. The molecule has 3 aliphatic heterocycles. The van der Waals surface area contributed by atoms with Crippen molar-refractivity contribution in [3.63, 3.8) is 0 Å². The number of amides is 2. The molecule has 4 atom stereocenters. The molecule has 8 nitrogen and oxygen atoms in total. The van der Waals surface area contributed by atoms with Crippen LogP contribution >= 0.6 is 15.9 Å². The van der Waals surface area contributed by atoms with Crippen molar-refractivity contribution >= 4 is 58.1 Å². The third-order valence-corrected chi connectivity index (χ3v) is 16.2. The van der Waals surface area contributed by atoms with Gasteiger partial charge in [-0.25, -0.2) is 0 Å². The van der Waals surface area contributed by atoms with Crippen molar-refractivity contribution in [2.75, 3.05) is 23.5 Å². The molecule has 10 heteroatoms. The van der Waals surface area contributed by atoms with E-state index in [2.05, 4.69) is 48.1 Å². The largest absolute Gasteiger partial charge is 0.497 e. The molecule has 0 radical (unpaired) electrons. The molecule has 3 heterocycles. The number of benzene rings is 5. The van der Waals surface area contributed by atoms with Crippen LogP contribution in [0.2, 0.25) is 18.6 Å². The van der Waals surface area contributed by atoms with E-state index in [9.17, 15) is 9.90 Å². The number of fused-ring (bicyclic) bond motifs is 4. The van der Waals surface area contributed by atoms with Crippen molar-refractivity contribution in [3.05, 3.63) is 136 Å². The van der Waals surface area contributed by atoms with Crippen LogP contribution in [0.15, 0.2) is 120 Å². The second-order valence-corrected chi connectivity index (χ2v) is 20.2. The van der Waals surface area contributed by atoms with E-state index in [0.29, 0.717) is 41.4 Å². The average molecular weight is 790 g/mol. The lowest BCUT2D eigenvalue weighted by Gasteiger charge is -2.37. The number of nitrogens with zero attached hydrogens (tertiary/aromatic N) is 2. The molecule has 0 aliphatic carbocycles. The Kier molecular flexibility index (Phi) is 9.05. The summed E-state index contributed by atoms with van der Waals surface area (Å²) < 4.78 is 19.6. The Bertz CT molecular complexity index is 2210. The monoisotopic (exact) mass is 788 g/mol. The number of hydrogen-bond donors (Lipinski definition) is 1. The lowest BCUT2D eigenvalue weighted by Crippen LogP contribution is -2.51. The fraction of sp³-hybridized carbons (Fsp3) is 0.256. The molecular formula is C43H41BrN2O6Si. The van der Waals surface area contributed by atoms with Gasteiger partial charge in [0, 0.05) is 28.2 Å². The summed E-state index contributed by atoms with van der Waals surface area (Å²) >= 11 is 3.68. The minimum atomic E-state index is -2.29. The number of ether oxygens (including phenoxy) is 3. The Morgan fingerprint density at radius 2 is 1.57 bits per heavy atom. The number of carbonyl (C=O) groups is 2. The fourth-order valence-electron chi connectivity index (χ4n) is 8.84. The summed E-state index contributed by atoms with van der Waals surface area (Å²) in [5, 5.41) is 11.5. The highest BCUT2D eigenvalue weighted by atomic mass is 79.9. The lowest BCUT2D eigenvalue weighted by atomic mass is 9.82. The third kappa shape index (κ3) is 5.70. The van der Waals surface area contributed by atoms with Crippen LogP contribution in [0.1, 0.15) is 34.8 Å². The van der Waals surface area contributed by atoms with Crippen LogP contribution in [-0.2, 0) is 21.7 Å². The van der Waals surface area contributed by atoms with E-state index >= 15 is 4.79 Å². The number of para-hydroxylation sites is 3. The van der Waals surface area contributed by atoms with Gasteiger partial charge in [-0.3, -0.25) is 14.5 Å². The van der Waals surface area contributed by atoms with Crippen LogP contribution in [0.3, 0.4) is 0 Å². The summed E-state index contributed by atoms with van der Waals surface area (Å²) in [7, 11) is -0.630. The van der Waals surface area contributed by atoms with Crippen LogP contribution < -0.4 is 24.5 Å². The Balaban J connectivity index is 1.13. The molecule has 53 heavy (non-hydrogen) atoms. The standard InChI is InChI=1S/C43H41BrN2O6Si/c1-27-40(53(3,4)32-20-18-31(50-2)19-21-32)39(23-24-47)52-43(27)34-25-29(44)15-22-35(34)45(42(43)49)26-28-13-16-30(17-14-28)46-36-10-6-8-12-38(36)51-37-11-7-5-9-33(37)41(46)48/h5-22,25,27,39-40,47H,23-24,26H2,1-4H3/t27-,39+,40-,43+/m1/s1. The second-order valence-electron chi connectivity index (χ2n) is 14.6. The van der Waals surface area contributed by atoms with Gasteiger partial charge in [0.1, 0.15) is 11.5 Å². The smallest absolute Gasteiger partial charge is 0.266 e. The van der Waals surface area contributed by atoms with E-state index in [4.69, 9.17) is 14.2 Å². The number of methoxy groups -OCH3 is 1. The second kappa shape index (κ2) is 13.6. The number of aliphatic hydroxyl groups is 1. The minimum Gasteiger partial charge on any atom is -0.497 e. The van der Waals surface area contributed by atoms with Crippen LogP contribution in [0.4, 0.5) is 17.1 Å². The highest BCUT2D eigenvalue weighted by Gasteiger charge is 2.66. The molecule has 0 aromatic heterocycles. The molecule has 5 aromatic rings. The Morgan fingerprint density at radius 1 is 0.868 bits per heavy atom. The Hall–Kier alpha value is -4.74. The van der Waals surface area contributed by atoms with E-state index in [-0.39, 0.29) is 36.0 Å². The first-order chi connectivity index (χ1) is 25.6. The van der Waals surface area contributed by atoms with Gasteiger partial charge in [0.2, 0.25) is 0 Å². The number of rotatable bonds is 8. The van der Waals surface area contributed by atoms with Crippen molar-refractivity contribution in [2.24, 2.45) is 5.92 Å². The fourth-order valence-corrected chi connectivity index (χ4v) is 13.3. The zero-order chi connectivity index (χ0) is 37.1. The zero-order valence-electron chi connectivity index (χ0n) is 30.1. The molecule has 0 bridgehead atoms. The SMILES string of the molecule is COc1ccc([Si](C)(C)[C@H]2[C@H](CCO)O[C@@]3(C(=O)N(Cc4ccc(N5C(=O)c6ccccc6Oc6ccccc65)cc4)c4ccc(Br)cc43)[C@@H]2C)cc1. The molecule has 8 rings (SSSR count). The topological polar surface area (TPSA) is 88.5 Å². The number of halogens is 1. The predicted octanol–water partition coefficient (Wildman–Crippen LogP) is 8.69. The maximum atomic E-state index is 15.1. The third-order valence-electron chi connectivity index (χ3n) is 11.4. The van der Waals surface area contributed by atoms with E-state index < -0.39 is 13.7 Å². The summed E-state index contributed by atoms with van der Waals surface area (Å²) in [4.78, 5) is 32.6. The molecule has 1 N–H and O–H groups in total. The van der Waals surface area contributed by atoms with Crippen molar-refractivity contribution in [2.45, 2.75) is 50.2 Å². The summed E-state index contributed by atoms with van der Waals surface area (Å²) in [5.74, 6) is 1.45. The number of anilines is 3. The first-order valence-corrected chi connectivity index (χ1v) is 21.8. The molecular weight excluding hydrogens is 748 g/mol. The molecule has 0 saturated carbocycles. The molecule has 1 fully saturated rings. The van der Waals surface area contributed by atoms with Crippen LogP contribution in [-0.4, -0.2) is 44.8 Å². The molecule has 1 saturated heterocycles. The van der Waals surface area contributed by atoms with Gasteiger partial charge in [0.25, 0.3) is 11.8 Å². The van der Waals surface area contributed by atoms with Crippen LogP contribution in [0.5, 0.6) is 17.2 Å². The maximum absolute atomic E-state index is 15.1. The van der Waals surface area contributed by atoms with Crippen LogP contribution in [0.25, 0.3) is 0 Å². The molecule has 3 aliphatic rings. The Labute approximate surface area is 319 Å². The summed E-state index contributed by atoms with van der Waals surface area (Å²) in [6.07, 6.45) is 0.131. The van der Waals surface area contributed by atoms with Crippen LogP contribution in [0, 0.1) is 5.92 Å². The van der Waals surface area contributed by atoms with Gasteiger partial charge in [0.05, 0.1) is 44.8 Å². The molecule has 5 aromatic carbocycles. The summed E-state index contributed by atoms with van der Waals surface area (Å²) in [6.45, 7) is 7.10.